The first-order valence-electron chi connectivity index (χ1n) is 8.46. The van der Waals surface area contributed by atoms with Crippen LogP contribution < -0.4 is 10.6 Å². The lowest BCUT2D eigenvalue weighted by Gasteiger charge is -2.22. The molecule has 7 heteroatoms. The average molecular weight is 385 g/mol. The molecule has 3 amide bonds. The number of benzene rings is 2. The van der Waals surface area contributed by atoms with Gasteiger partial charge in [0.05, 0.1) is 12.2 Å². The standard InChI is InChI=1S/C20H23N3O3S/c1-14(21-19(25)15-9-5-4-6-10-15)20(26)23(2)13-18(24)22-16-11-7-8-12-17(16)27-3/h4-12,14H,13H2,1-3H3,(H,21,25)(H,22,24). The third-order valence-electron chi connectivity index (χ3n) is 3.89. The van der Waals surface area contributed by atoms with Crippen molar-refractivity contribution in [1.29, 1.82) is 0 Å². The highest BCUT2D eigenvalue weighted by atomic mass is 32.2. The molecule has 1 unspecified atom stereocenters. The molecule has 0 spiro atoms. The molecule has 0 heterocycles. The lowest BCUT2D eigenvalue weighted by atomic mass is 10.2. The van der Waals surface area contributed by atoms with E-state index >= 15 is 0 Å². The quantitative estimate of drug-likeness (QED) is 0.718. The monoisotopic (exact) mass is 385 g/mol. The first kappa shape index (κ1) is 20.5. The van der Waals surface area contributed by atoms with Crippen molar-refractivity contribution in [3.63, 3.8) is 0 Å². The number of hydrogen-bond donors (Lipinski definition) is 2. The van der Waals surface area contributed by atoms with Crippen LogP contribution in [-0.4, -0.2) is 48.5 Å². The van der Waals surface area contributed by atoms with Gasteiger partial charge in [-0.25, -0.2) is 0 Å². The summed E-state index contributed by atoms with van der Waals surface area (Å²) < 4.78 is 0. The van der Waals surface area contributed by atoms with Gasteiger partial charge in [-0.1, -0.05) is 30.3 Å². The molecule has 1 atom stereocenters. The minimum atomic E-state index is -0.742. The normalized spacial score (nSPS) is 11.4. The van der Waals surface area contributed by atoms with Crippen molar-refractivity contribution < 1.29 is 14.4 Å². The van der Waals surface area contributed by atoms with Crippen LogP contribution in [0.2, 0.25) is 0 Å². The second-order valence-electron chi connectivity index (χ2n) is 6.00. The minimum Gasteiger partial charge on any atom is -0.341 e. The van der Waals surface area contributed by atoms with Crippen LogP contribution in [-0.2, 0) is 9.59 Å². The zero-order valence-electron chi connectivity index (χ0n) is 15.6. The Bertz CT molecular complexity index is 811. The van der Waals surface area contributed by atoms with Crippen LogP contribution in [0.4, 0.5) is 5.69 Å². The van der Waals surface area contributed by atoms with Crippen LogP contribution in [0.25, 0.3) is 0 Å². The molecule has 0 saturated carbocycles. The molecule has 0 aromatic heterocycles. The van der Waals surface area contributed by atoms with Gasteiger partial charge in [0.25, 0.3) is 5.91 Å². The molecule has 0 bridgehead atoms. The van der Waals surface area contributed by atoms with Crippen molar-refractivity contribution in [1.82, 2.24) is 10.2 Å². The summed E-state index contributed by atoms with van der Waals surface area (Å²) in [4.78, 5) is 39.1. The summed E-state index contributed by atoms with van der Waals surface area (Å²) >= 11 is 1.53. The number of thioether (sulfide) groups is 1. The highest BCUT2D eigenvalue weighted by Crippen LogP contribution is 2.24. The molecule has 142 valence electrons. The lowest BCUT2D eigenvalue weighted by Crippen LogP contribution is -2.47. The van der Waals surface area contributed by atoms with E-state index in [0.717, 1.165) is 4.90 Å². The zero-order valence-corrected chi connectivity index (χ0v) is 16.4. The Morgan fingerprint density at radius 2 is 1.67 bits per heavy atom. The number of amides is 3. The van der Waals surface area contributed by atoms with Gasteiger partial charge in [0.2, 0.25) is 11.8 Å². The number of anilines is 1. The van der Waals surface area contributed by atoms with Gasteiger partial charge in [0.1, 0.15) is 6.04 Å². The molecule has 0 aliphatic carbocycles. The number of hydrogen-bond acceptors (Lipinski definition) is 4. The Hall–Kier alpha value is -2.80. The fourth-order valence-electron chi connectivity index (χ4n) is 2.49. The first-order chi connectivity index (χ1) is 12.9. The van der Waals surface area contributed by atoms with Crippen molar-refractivity contribution >= 4 is 35.2 Å². The zero-order chi connectivity index (χ0) is 19.8. The second-order valence-corrected chi connectivity index (χ2v) is 6.85. The molecule has 0 aliphatic rings. The van der Waals surface area contributed by atoms with Gasteiger partial charge in [-0.3, -0.25) is 14.4 Å². The van der Waals surface area contributed by atoms with Gasteiger partial charge < -0.3 is 15.5 Å². The summed E-state index contributed by atoms with van der Waals surface area (Å²) in [5, 5.41) is 5.46. The van der Waals surface area contributed by atoms with Gasteiger partial charge in [-0.05, 0) is 37.4 Å². The van der Waals surface area contributed by atoms with Crippen LogP contribution >= 0.6 is 11.8 Å². The van der Waals surface area contributed by atoms with E-state index in [9.17, 15) is 14.4 Å². The number of carbonyl (C=O) groups excluding carboxylic acids is 3. The van der Waals surface area contributed by atoms with Gasteiger partial charge in [-0.15, -0.1) is 11.8 Å². The Morgan fingerprint density at radius 3 is 2.33 bits per heavy atom. The Labute approximate surface area is 163 Å². The van der Waals surface area contributed by atoms with Crippen LogP contribution in [0.5, 0.6) is 0 Å². The van der Waals surface area contributed by atoms with Crippen molar-refractivity contribution in [2.24, 2.45) is 0 Å². The molecule has 2 rings (SSSR count). The van der Waals surface area contributed by atoms with Gasteiger partial charge in [0, 0.05) is 17.5 Å². The molecule has 0 fully saturated rings. The Balaban J connectivity index is 1.90. The second kappa shape index (κ2) is 9.78. The summed E-state index contributed by atoms with van der Waals surface area (Å²) in [6.07, 6.45) is 1.93. The van der Waals surface area contributed by atoms with Crippen LogP contribution in [0, 0.1) is 0 Å². The van der Waals surface area contributed by atoms with Crippen LogP contribution in [0.1, 0.15) is 17.3 Å². The number of nitrogens with zero attached hydrogens (tertiary/aromatic N) is 1. The molecule has 2 aromatic rings. The van der Waals surface area contributed by atoms with E-state index < -0.39 is 6.04 Å². The van der Waals surface area contributed by atoms with Crippen LogP contribution in [0.3, 0.4) is 0 Å². The van der Waals surface area contributed by atoms with Crippen molar-refractivity contribution in [2.75, 3.05) is 25.2 Å². The third-order valence-corrected chi connectivity index (χ3v) is 4.69. The molecular weight excluding hydrogens is 362 g/mol. The molecule has 0 radical (unpaired) electrons. The predicted molar refractivity (Wildman–Crippen MR) is 108 cm³/mol. The van der Waals surface area contributed by atoms with Crippen molar-refractivity contribution in [2.45, 2.75) is 17.9 Å². The molecule has 2 aromatic carbocycles. The van der Waals surface area contributed by atoms with E-state index in [2.05, 4.69) is 10.6 Å². The maximum atomic E-state index is 12.4. The Morgan fingerprint density at radius 1 is 1.04 bits per heavy atom. The smallest absolute Gasteiger partial charge is 0.251 e. The summed E-state index contributed by atoms with van der Waals surface area (Å²) in [6, 6.07) is 15.4. The summed E-state index contributed by atoms with van der Waals surface area (Å²) in [5.41, 5.74) is 1.19. The molecular formula is C20H23N3O3S. The highest BCUT2D eigenvalue weighted by Gasteiger charge is 2.21. The molecule has 27 heavy (non-hydrogen) atoms. The van der Waals surface area contributed by atoms with E-state index in [1.54, 1.807) is 31.2 Å². The van der Waals surface area contributed by atoms with Crippen molar-refractivity contribution in [3.05, 3.63) is 60.2 Å². The van der Waals surface area contributed by atoms with E-state index in [0.29, 0.717) is 11.3 Å². The van der Waals surface area contributed by atoms with Gasteiger partial charge in [-0.2, -0.15) is 0 Å². The van der Waals surface area contributed by atoms with Crippen molar-refractivity contribution in [3.8, 4) is 0 Å². The number of nitrogens with one attached hydrogen (secondary N) is 2. The first-order valence-corrected chi connectivity index (χ1v) is 9.68. The number of rotatable bonds is 7. The molecule has 2 N–H and O–H groups in total. The predicted octanol–water partition coefficient (Wildman–Crippen LogP) is 2.62. The fraction of sp³-hybridized carbons (Fsp3) is 0.250. The SMILES string of the molecule is CSc1ccccc1NC(=O)CN(C)C(=O)C(C)NC(=O)c1ccccc1. The largest absolute Gasteiger partial charge is 0.341 e. The average Bonchev–Trinajstić information content (AvgIpc) is 2.68. The van der Waals surface area contributed by atoms with Crippen LogP contribution in [0.15, 0.2) is 59.5 Å². The maximum Gasteiger partial charge on any atom is 0.251 e. The van der Waals surface area contributed by atoms with Gasteiger partial charge >= 0.3 is 0 Å². The maximum absolute atomic E-state index is 12.4. The number of carbonyl (C=O) groups is 3. The lowest BCUT2D eigenvalue weighted by molar-refractivity contribution is -0.134. The molecule has 0 saturated heterocycles. The summed E-state index contributed by atoms with van der Waals surface area (Å²) in [7, 11) is 1.54. The highest BCUT2D eigenvalue weighted by molar-refractivity contribution is 7.98. The van der Waals surface area contributed by atoms with E-state index in [1.807, 2.05) is 36.6 Å². The Kier molecular flexibility index (Phi) is 7.43. The number of para-hydroxylation sites is 1. The summed E-state index contributed by atoms with van der Waals surface area (Å²) in [6.45, 7) is 1.49. The fourth-order valence-corrected chi connectivity index (χ4v) is 3.05. The van der Waals surface area contributed by atoms with Gasteiger partial charge in [0.15, 0.2) is 0 Å². The van der Waals surface area contributed by atoms with E-state index in [4.69, 9.17) is 0 Å². The molecule has 6 nitrogen and oxygen atoms in total. The minimum absolute atomic E-state index is 0.104. The number of likely N-dealkylation sites (N-methyl/N-ethyl adjacent to an activating group) is 1. The topological polar surface area (TPSA) is 78.5 Å². The third kappa shape index (κ3) is 5.86. The molecule has 0 aliphatic heterocycles. The van der Waals surface area contributed by atoms with E-state index in [1.165, 1.54) is 23.7 Å². The summed E-state index contributed by atoms with van der Waals surface area (Å²) in [5.74, 6) is -0.968. The van der Waals surface area contributed by atoms with E-state index in [-0.39, 0.29) is 24.3 Å².